The lowest BCUT2D eigenvalue weighted by atomic mass is 9.35. The van der Waals surface area contributed by atoms with E-state index in [1.54, 1.807) is 0 Å². The normalized spacial score (nSPS) is 36.8. The van der Waals surface area contributed by atoms with Gasteiger partial charge < -0.3 is 29.0 Å². The third kappa shape index (κ3) is 2.96. The number of aryl methyl sites for hydroxylation is 1. The van der Waals surface area contributed by atoms with Gasteiger partial charge in [0, 0.05) is 35.5 Å². The first-order valence-corrected chi connectivity index (χ1v) is 13.9. The van der Waals surface area contributed by atoms with Gasteiger partial charge in [0.2, 0.25) is 0 Å². The Labute approximate surface area is 219 Å². The van der Waals surface area contributed by atoms with Gasteiger partial charge in [0.25, 0.3) is 0 Å². The van der Waals surface area contributed by atoms with Crippen molar-refractivity contribution in [2.24, 2.45) is 11.3 Å². The van der Waals surface area contributed by atoms with E-state index in [2.05, 4.69) is 55.3 Å². The quantitative estimate of drug-likeness (QED) is 0.585. The Morgan fingerprint density at radius 3 is 2.81 bits per heavy atom. The summed E-state index contributed by atoms with van der Waals surface area (Å²) in [6.07, 6.45) is 5.33. The monoisotopic (exact) mass is 505 g/mol. The Morgan fingerprint density at radius 1 is 1.14 bits per heavy atom. The van der Waals surface area contributed by atoms with Crippen molar-refractivity contribution in [3.8, 4) is 11.5 Å². The highest BCUT2D eigenvalue weighted by Gasteiger charge is 2.80. The SMILES string of the molecule is COC12CCC3(C[C@@H]1COCc1ccccc1C)[C@H]1Cc4ccc(OCCO)c5c4C3(CCN1C)[C@H]2O5. The number of hydrogen-bond acceptors (Lipinski definition) is 6. The van der Waals surface area contributed by atoms with Crippen LogP contribution in [0.1, 0.15) is 47.9 Å². The Bertz CT molecular complexity index is 1220. The van der Waals surface area contributed by atoms with Crippen molar-refractivity contribution in [1.82, 2.24) is 4.90 Å². The summed E-state index contributed by atoms with van der Waals surface area (Å²) in [4.78, 5) is 2.62. The third-order valence-electron chi connectivity index (χ3n) is 10.9. The van der Waals surface area contributed by atoms with E-state index < -0.39 is 5.60 Å². The maximum atomic E-state index is 9.44. The van der Waals surface area contributed by atoms with Crippen LogP contribution in [0.25, 0.3) is 0 Å². The first-order chi connectivity index (χ1) is 18.0. The fourth-order valence-corrected chi connectivity index (χ4v) is 9.37. The molecular formula is C31H39NO5. The van der Waals surface area contributed by atoms with Crippen LogP contribution in [0.4, 0.5) is 0 Å². The van der Waals surface area contributed by atoms with E-state index in [9.17, 15) is 5.11 Å². The standard InChI is InChI=1S/C31H39NO5/c1-20-6-4-5-7-22(20)18-35-19-23-17-29-10-11-31(23,34-3)28-30(29)12-13-32(2)25(29)16-21-8-9-24(36-15-14-33)27(37-28)26(21)30/h4-9,23,25,28,33H,10-19H2,1-3H3/t23-,25-,28-,29?,30?,31?/m1/s1. The second kappa shape index (κ2) is 8.44. The first kappa shape index (κ1) is 24.0. The molecule has 6 aliphatic rings. The molecule has 2 aromatic rings. The van der Waals surface area contributed by atoms with Crippen LogP contribution in [0.15, 0.2) is 36.4 Å². The van der Waals surface area contributed by atoms with Crippen LogP contribution in [0, 0.1) is 18.3 Å². The molecule has 3 unspecified atom stereocenters. The summed E-state index contributed by atoms with van der Waals surface area (Å²) in [7, 11) is 4.20. The lowest BCUT2D eigenvalue weighted by Crippen LogP contribution is -2.81. The van der Waals surface area contributed by atoms with Gasteiger partial charge in [-0.2, -0.15) is 0 Å². The van der Waals surface area contributed by atoms with Crippen molar-refractivity contribution in [3.05, 3.63) is 58.7 Å². The maximum Gasteiger partial charge on any atom is 0.165 e. The zero-order valence-corrected chi connectivity index (χ0v) is 22.3. The summed E-state index contributed by atoms with van der Waals surface area (Å²) >= 11 is 0. The number of benzene rings is 2. The second-order valence-electron chi connectivity index (χ2n) is 12.1. The van der Waals surface area contributed by atoms with E-state index in [1.807, 2.05) is 7.11 Å². The van der Waals surface area contributed by atoms with Crippen molar-refractivity contribution in [2.75, 3.05) is 40.5 Å². The highest BCUT2D eigenvalue weighted by atomic mass is 16.6. The molecule has 6 nitrogen and oxygen atoms in total. The predicted molar refractivity (Wildman–Crippen MR) is 140 cm³/mol. The van der Waals surface area contributed by atoms with Gasteiger partial charge in [-0.1, -0.05) is 30.3 Å². The smallest absolute Gasteiger partial charge is 0.165 e. The number of piperidine rings is 1. The van der Waals surface area contributed by atoms with Crippen molar-refractivity contribution in [1.29, 1.82) is 0 Å². The fourth-order valence-electron chi connectivity index (χ4n) is 9.37. The Kier molecular flexibility index (Phi) is 5.46. The molecule has 198 valence electrons. The number of methoxy groups -OCH3 is 1. The Balaban J connectivity index is 1.30. The minimum absolute atomic E-state index is 0.00971. The molecule has 37 heavy (non-hydrogen) atoms. The number of hydrogen-bond donors (Lipinski definition) is 1. The van der Waals surface area contributed by atoms with Crippen LogP contribution in [-0.2, 0) is 27.9 Å². The first-order valence-electron chi connectivity index (χ1n) is 13.9. The second-order valence-corrected chi connectivity index (χ2v) is 12.1. The molecule has 8 rings (SSSR count). The average molecular weight is 506 g/mol. The molecule has 4 aliphatic carbocycles. The number of rotatable bonds is 8. The molecule has 2 heterocycles. The molecule has 4 fully saturated rings. The molecular weight excluding hydrogens is 466 g/mol. The number of aliphatic hydroxyl groups excluding tert-OH is 1. The summed E-state index contributed by atoms with van der Waals surface area (Å²) in [6, 6.07) is 13.3. The van der Waals surface area contributed by atoms with Crippen molar-refractivity contribution in [2.45, 2.75) is 68.8 Å². The number of fused-ring (bicyclic) bond motifs is 2. The van der Waals surface area contributed by atoms with Crippen molar-refractivity contribution < 1.29 is 24.1 Å². The van der Waals surface area contributed by atoms with E-state index in [1.165, 1.54) is 22.3 Å². The van der Waals surface area contributed by atoms with E-state index in [0.717, 1.165) is 50.1 Å². The number of nitrogens with zero attached hydrogens (tertiary/aromatic N) is 1. The van der Waals surface area contributed by atoms with Crippen LogP contribution >= 0.6 is 0 Å². The summed E-state index contributed by atoms with van der Waals surface area (Å²) in [5.41, 5.74) is 4.99. The minimum Gasteiger partial charge on any atom is -0.487 e. The van der Waals surface area contributed by atoms with Crippen molar-refractivity contribution in [3.63, 3.8) is 0 Å². The summed E-state index contributed by atoms with van der Waals surface area (Å²) in [6.45, 7) is 4.78. The van der Waals surface area contributed by atoms with Gasteiger partial charge in [0.1, 0.15) is 18.3 Å². The molecule has 0 aromatic heterocycles. The maximum absolute atomic E-state index is 9.44. The highest BCUT2D eigenvalue weighted by Crippen LogP contribution is 2.76. The van der Waals surface area contributed by atoms with Gasteiger partial charge in [0.15, 0.2) is 11.5 Å². The van der Waals surface area contributed by atoms with Gasteiger partial charge in [-0.15, -0.1) is 0 Å². The van der Waals surface area contributed by atoms with Gasteiger partial charge in [-0.3, -0.25) is 0 Å². The zero-order valence-electron chi connectivity index (χ0n) is 22.3. The van der Waals surface area contributed by atoms with Crippen LogP contribution in [0.2, 0.25) is 0 Å². The molecule has 0 amide bonds. The minimum atomic E-state index is -0.393. The molecule has 6 atom stereocenters. The largest absolute Gasteiger partial charge is 0.487 e. The third-order valence-corrected chi connectivity index (χ3v) is 10.9. The summed E-state index contributed by atoms with van der Waals surface area (Å²) in [5, 5.41) is 9.44. The van der Waals surface area contributed by atoms with Gasteiger partial charge >= 0.3 is 0 Å². The Morgan fingerprint density at radius 2 is 2.00 bits per heavy atom. The number of ether oxygens (including phenoxy) is 4. The van der Waals surface area contributed by atoms with Gasteiger partial charge in [-0.25, -0.2) is 0 Å². The lowest BCUT2D eigenvalue weighted by molar-refractivity contribution is -0.282. The van der Waals surface area contributed by atoms with E-state index in [0.29, 0.717) is 19.3 Å². The lowest BCUT2D eigenvalue weighted by Gasteiger charge is -2.73. The zero-order chi connectivity index (χ0) is 25.4. The number of likely N-dealkylation sites (N-methyl/N-ethyl adjacent to an activating group) is 1. The number of likely N-dealkylation sites (tertiary alicyclic amines) is 1. The van der Waals surface area contributed by atoms with Gasteiger partial charge in [-0.05, 0) is 75.4 Å². The summed E-state index contributed by atoms with van der Waals surface area (Å²) in [5.74, 6) is 1.94. The van der Waals surface area contributed by atoms with Crippen LogP contribution in [0.3, 0.4) is 0 Å². The van der Waals surface area contributed by atoms with Gasteiger partial charge in [0.05, 0.1) is 19.8 Å². The molecule has 2 aliphatic heterocycles. The fraction of sp³-hybridized carbons (Fsp3) is 0.613. The molecule has 1 saturated heterocycles. The molecule has 6 heteroatoms. The van der Waals surface area contributed by atoms with Crippen molar-refractivity contribution >= 4 is 0 Å². The van der Waals surface area contributed by atoms with E-state index >= 15 is 0 Å². The highest BCUT2D eigenvalue weighted by molar-refractivity contribution is 5.63. The Hall–Kier alpha value is -2.12. The molecule has 2 aromatic carbocycles. The number of aliphatic hydroxyl groups is 1. The van der Waals surface area contributed by atoms with Crippen LogP contribution in [0.5, 0.6) is 11.5 Å². The van der Waals surface area contributed by atoms with E-state index in [4.69, 9.17) is 18.9 Å². The predicted octanol–water partition coefficient (Wildman–Crippen LogP) is 4.03. The molecule has 1 N–H and O–H groups in total. The topological polar surface area (TPSA) is 60.4 Å². The van der Waals surface area contributed by atoms with E-state index in [-0.39, 0.29) is 36.1 Å². The van der Waals surface area contributed by atoms with Crippen LogP contribution < -0.4 is 9.47 Å². The summed E-state index contributed by atoms with van der Waals surface area (Å²) < 4.78 is 26.2. The molecule has 3 saturated carbocycles. The molecule has 2 spiro atoms. The average Bonchev–Trinajstić information content (AvgIpc) is 3.28. The van der Waals surface area contributed by atoms with Crippen LogP contribution in [-0.4, -0.2) is 68.3 Å². The molecule has 0 radical (unpaired) electrons. The molecule has 4 bridgehead atoms.